The van der Waals surface area contributed by atoms with Gasteiger partial charge in [-0.1, -0.05) is 11.8 Å². The third-order valence-electron chi connectivity index (χ3n) is 7.02. The molecule has 12 heteroatoms. The van der Waals surface area contributed by atoms with Crippen LogP contribution in [0.5, 0.6) is 5.75 Å². The summed E-state index contributed by atoms with van der Waals surface area (Å²) in [6.07, 6.45) is 6.74. The molecule has 1 aliphatic carbocycles. The molecule has 4 aromatic rings. The van der Waals surface area contributed by atoms with Crippen molar-refractivity contribution < 1.29 is 22.7 Å². The number of oxazole rings is 1. The highest BCUT2D eigenvalue weighted by Crippen LogP contribution is 2.66. The number of aromatic nitrogens is 3. The van der Waals surface area contributed by atoms with E-state index in [1.165, 1.54) is 24.4 Å². The molecule has 3 atom stereocenters. The minimum absolute atomic E-state index is 0.0515. The first-order chi connectivity index (χ1) is 18.3. The summed E-state index contributed by atoms with van der Waals surface area (Å²) in [6, 6.07) is 6.26. The number of methoxy groups -OCH3 is 1. The molecule has 1 aromatic carbocycles. The molecule has 0 unspecified atom stereocenters. The molecule has 0 saturated heterocycles. The second-order valence-corrected chi connectivity index (χ2v) is 11.0. The summed E-state index contributed by atoms with van der Waals surface area (Å²) in [5.41, 5.74) is 6.73. The highest BCUT2D eigenvalue weighted by Gasteiger charge is 2.66. The Hall–Kier alpha value is -3.77. The van der Waals surface area contributed by atoms with Crippen molar-refractivity contribution in [2.75, 3.05) is 19.0 Å². The van der Waals surface area contributed by atoms with E-state index >= 15 is 4.39 Å². The Balaban J connectivity index is 1.31. The summed E-state index contributed by atoms with van der Waals surface area (Å²) in [5, 5.41) is 4.19. The first-order valence-electron chi connectivity index (χ1n) is 11.9. The number of nitrogens with one attached hydrogen (secondary N) is 1. The maximum atomic E-state index is 15.2. The topological polar surface area (TPSA) is 121 Å². The quantitative estimate of drug-likeness (QED) is 0.323. The van der Waals surface area contributed by atoms with Crippen LogP contribution in [0.4, 0.5) is 20.3 Å². The monoisotopic (exact) mass is 538 g/mol. The van der Waals surface area contributed by atoms with Crippen LogP contribution in [0.15, 0.2) is 58.7 Å². The molecular weight excluding hydrogens is 514 g/mol. The smallest absolute Gasteiger partial charge is 0.180 e. The number of nitrogens with two attached hydrogens (primary N) is 1. The Morgan fingerprint density at radius 3 is 2.89 bits per heavy atom. The van der Waals surface area contributed by atoms with Crippen molar-refractivity contribution in [3.63, 3.8) is 0 Å². The molecule has 3 aromatic heterocycles. The lowest BCUT2D eigenvalue weighted by molar-refractivity contribution is 0.184. The first kappa shape index (κ1) is 24.6. The molecule has 38 heavy (non-hydrogen) atoms. The number of amidine groups is 1. The van der Waals surface area contributed by atoms with E-state index in [0.29, 0.717) is 40.2 Å². The summed E-state index contributed by atoms with van der Waals surface area (Å²) >= 11 is 1.44. The Bertz CT molecular complexity index is 1550. The van der Waals surface area contributed by atoms with Crippen molar-refractivity contribution in [3.8, 4) is 5.75 Å². The summed E-state index contributed by atoms with van der Waals surface area (Å²) < 4.78 is 46.0. The van der Waals surface area contributed by atoms with Crippen molar-refractivity contribution in [3.05, 3.63) is 72.2 Å². The van der Waals surface area contributed by atoms with Crippen LogP contribution in [0.1, 0.15) is 24.6 Å². The number of thioether (sulfide) groups is 1. The zero-order valence-electron chi connectivity index (χ0n) is 20.6. The molecule has 196 valence electrons. The third kappa shape index (κ3) is 4.23. The molecular formula is C26H24F2N6O3S. The largest absolute Gasteiger partial charge is 0.486 e. The fourth-order valence-corrected chi connectivity index (χ4v) is 6.62. The number of rotatable bonds is 8. The number of nitrogens with zero attached hydrogens (tertiary/aromatic N) is 4. The van der Waals surface area contributed by atoms with Crippen LogP contribution in [0.2, 0.25) is 0 Å². The second kappa shape index (κ2) is 9.21. The van der Waals surface area contributed by atoms with Crippen LogP contribution in [0.3, 0.4) is 0 Å². The van der Waals surface area contributed by atoms with E-state index in [4.69, 9.17) is 19.6 Å². The number of fused-ring (bicyclic) bond motifs is 2. The van der Waals surface area contributed by atoms with Gasteiger partial charge in [0, 0.05) is 41.9 Å². The molecule has 6 rings (SSSR count). The van der Waals surface area contributed by atoms with Gasteiger partial charge in [-0.05, 0) is 31.5 Å². The van der Waals surface area contributed by atoms with Crippen molar-refractivity contribution in [1.82, 2.24) is 15.0 Å². The van der Waals surface area contributed by atoms with Gasteiger partial charge in [0.05, 0.1) is 23.1 Å². The number of pyridine rings is 2. The summed E-state index contributed by atoms with van der Waals surface area (Å²) in [7, 11) is 1.62. The summed E-state index contributed by atoms with van der Waals surface area (Å²) in [6.45, 7) is 2.47. The van der Waals surface area contributed by atoms with Gasteiger partial charge in [0.2, 0.25) is 0 Å². The molecule has 9 nitrogen and oxygen atoms in total. The fourth-order valence-electron chi connectivity index (χ4n) is 5.17. The zero-order valence-corrected chi connectivity index (χ0v) is 21.4. The number of anilines is 2. The number of hydrogen-bond acceptors (Lipinski definition) is 10. The van der Waals surface area contributed by atoms with E-state index in [1.54, 1.807) is 38.6 Å². The van der Waals surface area contributed by atoms with Crippen LogP contribution in [-0.2, 0) is 16.9 Å². The van der Waals surface area contributed by atoms with Crippen molar-refractivity contribution in [2.45, 2.75) is 30.2 Å². The van der Waals surface area contributed by atoms with Crippen LogP contribution in [0, 0.1) is 17.6 Å². The number of aliphatic imine (C=N–C) groups is 1. The van der Waals surface area contributed by atoms with Crippen LogP contribution in [0.25, 0.3) is 10.9 Å². The SMILES string of the molecule is COC[C@]12C[C@H]1[C@](C)(c1cc(Nc3nccc4cc(OCc5cocn5)cnc34)cc(F)c1F)N=C(N)S2. The average Bonchev–Trinajstić information content (AvgIpc) is 3.36. The Labute approximate surface area is 220 Å². The van der Waals surface area contributed by atoms with Crippen LogP contribution >= 0.6 is 11.8 Å². The molecule has 0 bridgehead atoms. The molecule has 0 amide bonds. The number of halogens is 2. The van der Waals surface area contributed by atoms with Gasteiger partial charge in [0.1, 0.15) is 29.8 Å². The number of benzene rings is 1. The zero-order chi connectivity index (χ0) is 26.5. The number of hydrogen-bond donors (Lipinski definition) is 2. The molecule has 0 spiro atoms. The Kier molecular flexibility index (Phi) is 5.95. The van der Waals surface area contributed by atoms with Crippen molar-refractivity contribution in [1.29, 1.82) is 0 Å². The maximum Gasteiger partial charge on any atom is 0.180 e. The van der Waals surface area contributed by atoms with Gasteiger partial charge in [0.15, 0.2) is 29.0 Å². The van der Waals surface area contributed by atoms with Gasteiger partial charge in [-0.2, -0.15) is 0 Å². The lowest BCUT2D eigenvalue weighted by atomic mass is 9.85. The summed E-state index contributed by atoms with van der Waals surface area (Å²) in [4.78, 5) is 17.5. The van der Waals surface area contributed by atoms with E-state index in [0.717, 1.165) is 17.9 Å². The van der Waals surface area contributed by atoms with Gasteiger partial charge in [-0.15, -0.1) is 0 Å². The molecule has 3 N–H and O–H groups in total. The normalized spacial score (nSPS) is 24.1. The molecule has 4 heterocycles. The van der Waals surface area contributed by atoms with Crippen molar-refractivity contribution in [2.24, 2.45) is 16.6 Å². The second-order valence-electron chi connectivity index (χ2n) is 9.57. The standard InChI is InChI=1S/C26H24F2N6O3S/c1-25(20-8-26(20,12-35-2)38-24(29)34-25)18-6-15(7-19(27)21(18)28)33-23-22-14(3-4-30-23)5-17(9-31-22)37-11-16-10-36-13-32-16/h3-7,9-10,13,20H,8,11-12H2,1-2H3,(H2,29,34)(H,30,33)/t20-,25-,26+/m0/s1. The fraction of sp³-hybridized carbons (Fsp3) is 0.308. The minimum Gasteiger partial charge on any atom is -0.486 e. The molecule has 1 aliphatic heterocycles. The van der Waals surface area contributed by atoms with Crippen molar-refractivity contribution >= 4 is 39.3 Å². The summed E-state index contributed by atoms with van der Waals surface area (Å²) in [5.74, 6) is -1.07. The van der Waals surface area contributed by atoms with E-state index in [2.05, 4.69) is 25.3 Å². The van der Waals surface area contributed by atoms with E-state index in [1.807, 2.05) is 6.07 Å². The molecule has 1 saturated carbocycles. The van der Waals surface area contributed by atoms with Gasteiger partial charge < -0.3 is 24.9 Å². The predicted molar refractivity (Wildman–Crippen MR) is 139 cm³/mol. The highest BCUT2D eigenvalue weighted by atomic mass is 32.2. The van der Waals surface area contributed by atoms with Gasteiger partial charge in [-0.3, -0.25) is 4.99 Å². The highest BCUT2D eigenvalue weighted by molar-refractivity contribution is 8.15. The Morgan fingerprint density at radius 1 is 1.24 bits per heavy atom. The van der Waals surface area contributed by atoms with Crippen LogP contribution in [-0.4, -0.2) is 38.6 Å². The van der Waals surface area contributed by atoms with E-state index in [-0.39, 0.29) is 22.8 Å². The van der Waals surface area contributed by atoms with Crippen LogP contribution < -0.4 is 15.8 Å². The molecule has 2 aliphatic rings. The van der Waals surface area contributed by atoms with E-state index in [9.17, 15) is 4.39 Å². The van der Waals surface area contributed by atoms with E-state index < -0.39 is 17.2 Å². The predicted octanol–water partition coefficient (Wildman–Crippen LogP) is 4.90. The maximum absolute atomic E-state index is 15.2. The average molecular weight is 539 g/mol. The lowest BCUT2D eigenvalue weighted by Crippen LogP contribution is -2.37. The lowest BCUT2D eigenvalue weighted by Gasteiger charge is -2.34. The minimum atomic E-state index is -1.04. The van der Waals surface area contributed by atoms with Gasteiger partial charge in [0.25, 0.3) is 0 Å². The van der Waals surface area contributed by atoms with Gasteiger partial charge >= 0.3 is 0 Å². The number of ether oxygens (including phenoxy) is 2. The third-order valence-corrected chi connectivity index (χ3v) is 8.30. The van der Waals surface area contributed by atoms with Gasteiger partial charge in [-0.25, -0.2) is 23.7 Å². The molecule has 0 radical (unpaired) electrons. The Morgan fingerprint density at radius 2 is 2.11 bits per heavy atom. The first-order valence-corrected chi connectivity index (χ1v) is 12.7. The molecule has 1 fully saturated rings.